The quantitative estimate of drug-likeness (QED) is 0.801. The first kappa shape index (κ1) is 16.5. The highest BCUT2D eigenvalue weighted by atomic mass is 15.2. The van der Waals surface area contributed by atoms with Gasteiger partial charge in [-0.15, -0.1) is 0 Å². The standard InChI is InChI=1S/C16H31N3/c1-7-15-9-8-13(4)19(15)14(5)10-16(6,11-17)18-12(2)3/h12-15,18H,7-10H2,1-6H3. The molecular formula is C16H31N3. The summed E-state index contributed by atoms with van der Waals surface area (Å²) in [6.07, 6.45) is 4.71. The molecule has 1 N–H and O–H groups in total. The summed E-state index contributed by atoms with van der Waals surface area (Å²) >= 11 is 0. The summed E-state index contributed by atoms with van der Waals surface area (Å²) in [4.78, 5) is 2.64. The summed E-state index contributed by atoms with van der Waals surface area (Å²) in [6, 6.07) is 4.63. The molecule has 1 fully saturated rings. The fourth-order valence-electron chi connectivity index (χ4n) is 3.77. The van der Waals surface area contributed by atoms with Crippen LogP contribution in [0.4, 0.5) is 0 Å². The van der Waals surface area contributed by atoms with Crippen LogP contribution in [-0.2, 0) is 0 Å². The van der Waals surface area contributed by atoms with Crippen molar-refractivity contribution in [1.29, 1.82) is 5.26 Å². The van der Waals surface area contributed by atoms with Gasteiger partial charge in [0.25, 0.3) is 0 Å². The number of hydrogen-bond acceptors (Lipinski definition) is 3. The average Bonchev–Trinajstić information content (AvgIpc) is 2.69. The average molecular weight is 265 g/mol. The summed E-state index contributed by atoms with van der Waals surface area (Å²) in [5.74, 6) is 0. The Hall–Kier alpha value is -0.590. The zero-order chi connectivity index (χ0) is 14.6. The molecule has 1 rings (SSSR count). The highest BCUT2D eigenvalue weighted by molar-refractivity contribution is 5.07. The molecule has 0 aromatic heterocycles. The predicted molar refractivity (Wildman–Crippen MR) is 81.0 cm³/mol. The van der Waals surface area contributed by atoms with E-state index in [0.29, 0.717) is 24.2 Å². The molecule has 0 spiro atoms. The Balaban J connectivity index is 2.71. The first-order chi connectivity index (χ1) is 8.83. The van der Waals surface area contributed by atoms with Gasteiger partial charge in [-0.05, 0) is 60.3 Å². The number of hydrogen-bond donors (Lipinski definition) is 1. The zero-order valence-corrected chi connectivity index (χ0v) is 13.5. The minimum atomic E-state index is -0.422. The monoisotopic (exact) mass is 265 g/mol. The third-order valence-electron chi connectivity index (χ3n) is 4.39. The van der Waals surface area contributed by atoms with Crippen LogP contribution < -0.4 is 5.32 Å². The van der Waals surface area contributed by atoms with Crippen molar-refractivity contribution in [3.05, 3.63) is 0 Å². The van der Waals surface area contributed by atoms with Gasteiger partial charge in [0, 0.05) is 24.2 Å². The van der Waals surface area contributed by atoms with Crippen LogP contribution in [-0.4, -0.2) is 34.6 Å². The van der Waals surface area contributed by atoms with Gasteiger partial charge in [-0.25, -0.2) is 0 Å². The van der Waals surface area contributed by atoms with Crippen molar-refractivity contribution in [3.8, 4) is 6.07 Å². The van der Waals surface area contributed by atoms with Crippen molar-refractivity contribution in [2.45, 2.75) is 96.9 Å². The lowest BCUT2D eigenvalue weighted by molar-refractivity contribution is 0.120. The molecular weight excluding hydrogens is 234 g/mol. The van der Waals surface area contributed by atoms with E-state index in [-0.39, 0.29) is 0 Å². The first-order valence-corrected chi connectivity index (χ1v) is 7.79. The summed E-state index contributed by atoms with van der Waals surface area (Å²) in [5, 5.41) is 12.9. The second kappa shape index (κ2) is 6.72. The number of likely N-dealkylation sites (tertiary alicyclic amines) is 1. The molecule has 0 aliphatic carbocycles. The number of nitrogens with one attached hydrogen (secondary N) is 1. The van der Waals surface area contributed by atoms with E-state index in [1.165, 1.54) is 19.3 Å². The number of rotatable bonds is 6. The maximum absolute atomic E-state index is 9.48. The van der Waals surface area contributed by atoms with E-state index >= 15 is 0 Å². The van der Waals surface area contributed by atoms with Crippen LogP contribution in [0.5, 0.6) is 0 Å². The van der Waals surface area contributed by atoms with Gasteiger partial charge in [0.1, 0.15) is 5.54 Å². The molecule has 1 aliphatic heterocycles. The van der Waals surface area contributed by atoms with Crippen LogP contribution in [0.2, 0.25) is 0 Å². The van der Waals surface area contributed by atoms with Crippen LogP contribution in [0.25, 0.3) is 0 Å². The lowest BCUT2D eigenvalue weighted by Gasteiger charge is -2.38. The SMILES string of the molecule is CCC1CCC(C)N1C(C)CC(C)(C#N)NC(C)C. The molecule has 19 heavy (non-hydrogen) atoms. The Morgan fingerprint density at radius 1 is 1.37 bits per heavy atom. The Morgan fingerprint density at radius 3 is 2.47 bits per heavy atom. The Kier molecular flexibility index (Phi) is 5.82. The minimum absolute atomic E-state index is 0.342. The van der Waals surface area contributed by atoms with Crippen molar-refractivity contribution in [1.82, 2.24) is 10.2 Å². The Bertz CT molecular complexity index is 320. The second-order valence-electron chi connectivity index (χ2n) is 6.73. The van der Waals surface area contributed by atoms with Gasteiger partial charge >= 0.3 is 0 Å². The molecule has 4 unspecified atom stereocenters. The smallest absolute Gasteiger partial charge is 0.105 e. The van der Waals surface area contributed by atoms with Gasteiger partial charge < -0.3 is 0 Å². The van der Waals surface area contributed by atoms with Gasteiger partial charge in [0.05, 0.1) is 6.07 Å². The third-order valence-corrected chi connectivity index (χ3v) is 4.39. The molecule has 1 aliphatic rings. The van der Waals surface area contributed by atoms with E-state index in [0.717, 1.165) is 6.42 Å². The lowest BCUT2D eigenvalue weighted by atomic mass is 9.92. The molecule has 0 aromatic rings. The molecule has 3 nitrogen and oxygen atoms in total. The lowest BCUT2D eigenvalue weighted by Crippen LogP contribution is -2.51. The summed E-state index contributed by atoms with van der Waals surface area (Å²) in [5.41, 5.74) is -0.422. The summed E-state index contributed by atoms with van der Waals surface area (Å²) in [6.45, 7) is 13.1. The molecule has 1 saturated heterocycles. The molecule has 0 aromatic carbocycles. The normalized spacial score (nSPS) is 29.2. The van der Waals surface area contributed by atoms with Gasteiger partial charge in [-0.3, -0.25) is 10.2 Å². The molecule has 4 atom stereocenters. The van der Waals surface area contributed by atoms with Crippen LogP contribution in [0.1, 0.15) is 67.2 Å². The predicted octanol–water partition coefficient (Wildman–Crippen LogP) is 3.31. The largest absolute Gasteiger partial charge is 0.297 e. The summed E-state index contributed by atoms with van der Waals surface area (Å²) in [7, 11) is 0. The molecule has 0 bridgehead atoms. The van der Waals surface area contributed by atoms with Crippen LogP contribution in [0, 0.1) is 11.3 Å². The fraction of sp³-hybridized carbons (Fsp3) is 0.938. The van der Waals surface area contributed by atoms with E-state index in [4.69, 9.17) is 0 Å². The maximum atomic E-state index is 9.48. The Morgan fingerprint density at radius 2 is 2.00 bits per heavy atom. The molecule has 0 amide bonds. The fourth-order valence-corrected chi connectivity index (χ4v) is 3.77. The highest BCUT2D eigenvalue weighted by Crippen LogP contribution is 2.31. The molecule has 0 saturated carbocycles. The first-order valence-electron chi connectivity index (χ1n) is 7.79. The Labute approximate surface area is 119 Å². The van der Waals surface area contributed by atoms with Crippen LogP contribution >= 0.6 is 0 Å². The second-order valence-corrected chi connectivity index (χ2v) is 6.73. The van der Waals surface area contributed by atoms with E-state index in [1.54, 1.807) is 0 Å². The maximum Gasteiger partial charge on any atom is 0.105 e. The molecule has 110 valence electrons. The summed E-state index contributed by atoms with van der Waals surface area (Å²) < 4.78 is 0. The van der Waals surface area contributed by atoms with Crippen molar-refractivity contribution >= 4 is 0 Å². The van der Waals surface area contributed by atoms with Crippen molar-refractivity contribution in [3.63, 3.8) is 0 Å². The highest BCUT2D eigenvalue weighted by Gasteiger charge is 2.36. The topological polar surface area (TPSA) is 39.1 Å². The van der Waals surface area contributed by atoms with E-state index in [1.807, 2.05) is 6.92 Å². The molecule has 3 heteroatoms. The molecule has 1 heterocycles. The third kappa shape index (κ3) is 4.19. The van der Waals surface area contributed by atoms with Crippen LogP contribution in [0.15, 0.2) is 0 Å². The van der Waals surface area contributed by atoms with E-state index < -0.39 is 5.54 Å². The van der Waals surface area contributed by atoms with Gasteiger partial charge in [-0.1, -0.05) is 6.92 Å². The minimum Gasteiger partial charge on any atom is -0.297 e. The van der Waals surface area contributed by atoms with E-state index in [9.17, 15) is 5.26 Å². The van der Waals surface area contributed by atoms with E-state index in [2.05, 4.69) is 50.9 Å². The van der Waals surface area contributed by atoms with Gasteiger partial charge in [-0.2, -0.15) is 5.26 Å². The van der Waals surface area contributed by atoms with Crippen molar-refractivity contribution in [2.75, 3.05) is 0 Å². The number of nitriles is 1. The zero-order valence-electron chi connectivity index (χ0n) is 13.5. The number of nitrogens with zero attached hydrogens (tertiary/aromatic N) is 2. The van der Waals surface area contributed by atoms with Gasteiger partial charge in [0.15, 0.2) is 0 Å². The van der Waals surface area contributed by atoms with Crippen LogP contribution in [0.3, 0.4) is 0 Å². The van der Waals surface area contributed by atoms with Gasteiger partial charge in [0.2, 0.25) is 0 Å². The molecule has 0 radical (unpaired) electrons. The van der Waals surface area contributed by atoms with Crippen molar-refractivity contribution in [2.24, 2.45) is 0 Å². The van der Waals surface area contributed by atoms with Crippen molar-refractivity contribution < 1.29 is 0 Å².